The number of amides is 1. The number of rotatable bonds is 6. The number of aliphatic hydroxyl groups excluding tert-OH is 1. The second kappa shape index (κ2) is 10.6. The molecule has 4 aromatic rings. The van der Waals surface area contributed by atoms with E-state index < -0.39 is 23.4 Å². The van der Waals surface area contributed by atoms with Gasteiger partial charge in [-0.2, -0.15) is 5.10 Å². The molecular weight excluding hydrogens is 531 g/mol. The minimum absolute atomic E-state index is 0.00249. The molecule has 2 atom stereocenters. The molecule has 1 saturated heterocycles. The van der Waals surface area contributed by atoms with Gasteiger partial charge in [0, 0.05) is 22.2 Å². The standard InChI is InChI=1S/C29H29FN6O3S/c1-29(9-2-10-32-29)18-4-8-26(31-15-18)33-23-14-21(35-36-27(23)38)16-3-6-20(30)22(12-16)34-28(39)25-13-17-11-19(37)5-7-24(17)40-25/h3-4,6,8,12-15,19,32,37H,2,5,7,9-11H2,1H3,(H,34,39)(H,36,38)(H,31,33,35)/t19-,29+/m0/s1. The van der Waals surface area contributed by atoms with Gasteiger partial charge >= 0.3 is 0 Å². The second-order valence-corrected chi connectivity index (χ2v) is 11.7. The number of pyridine rings is 1. The second-order valence-electron chi connectivity index (χ2n) is 10.5. The molecule has 1 fully saturated rings. The Hall–Kier alpha value is -3.93. The van der Waals surface area contributed by atoms with E-state index in [2.05, 4.69) is 38.1 Å². The van der Waals surface area contributed by atoms with Crippen LogP contribution in [0.1, 0.15) is 51.9 Å². The first-order valence-electron chi connectivity index (χ1n) is 13.3. The Balaban J connectivity index is 1.21. The Bertz CT molecular complexity index is 1630. The van der Waals surface area contributed by atoms with Gasteiger partial charge in [0.2, 0.25) is 0 Å². The first kappa shape index (κ1) is 26.3. The largest absolute Gasteiger partial charge is 0.393 e. The SMILES string of the molecule is C[C@]1(c2ccc(Nc3cc(-c4ccc(F)c(NC(=O)c5cc6c(s5)CC[C@H](O)C6)c4)n[nH]c3=O)nc2)CCCN1. The Morgan fingerprint density at radius 3 is 2.85 bits per heavy atom. The summed E-state index contributed by atoms with van der Waals surface area (Å²) in [6.07, 6.45) is 5.47. The molecule has 206 valence electrons. The van der Waals surface area contributed by atoms with Gasteiger partial charge < -0.3 is 21.1 Å². The summed E-state index contributed by atoms with van der Waals surface area (Å²) in [5.74, 6) is -0.504. The summed E-state index contributed by atoms with van der Waals surface area (Å²) in [6, 6.07) is 11.4. The number of carbonyl (C=O) groups is 1. The van der Waals surface area contributed by atoms with Gasteiger partial charge in [-0.1, -0.05) is 6.07 Å². The number of nitrogens with zero attached hydrogens (tertiary/aromatic N) is 2. The Kier molecular flexibility index (Phi) is 6.95. The number of anilines is 3. The maximum absolute atomic E-state index is 14.7. The van der Waals surface area contributed by atoms with Crippen molar-refractivity contribution in [2.45, 2.75) is 50.7 Å². The highest BCUT2D eigenvalue weighted by atomic mass is 32.1. The van der Waals surface area contributed by atoms with E-state index in [1.54, 1.807) is 18.3 Å². The lowest BCUT2D eigenvalue weighted by Crippen LogP contribution is -2.33. The van der Waals surface area contributed by atoms with Crippen LogP contribution in [-0.2, 0) is 18.4 Å². The summed E-state index contributed by atoms with van der Waals surface area (Å²) in [5, 5.41) is 25.7. The normalized spacial score (nSPS) is 20.2. The van der Waals surface area contributed by atoms with E-state index in [1.807, 2.05) is 12.1 Å². The molecule has 9 nitrogen and oxygen atoms in total. The lowest BCUT2D eigenvalue weighted by atomic mass is 9.92. The van der Waals surface area contributed by atoms with Crippen LogP contribution in [0.25, 0.3) is 11.3 Å². The van der Waals surface area contributed by atoms with Crippen LogP contribution in [0.3, 0.4) is 0 Å². The van der Waals surface area contributed by atoms with Crippen LogP contribution in [0.15, 0.2) is 53.5 Å². The molecule has 0 spiro atoms. The minimum atomic E-state index is -0.591. The number of aromatic nitrogens is 3. The van der Waals surface area contributed by atoms with E-state index in [1.165, 1.54) is 29.5 Å². The first-order valence-corrected chi connectivity index (χ1v) is 14.1. The average Bonchev–Trinajstić information content (AvgIpc) is 3.58. The summed E-state index contributed by atoms with van der Waals surface area (Å²) in [5.41, 5.74) is 2.65. The van der Waals surface area contributed by atoms with Gasteiger partial charge in [-0.05, 0) is 93.1 Å². The van der Waals surface area contributed by atoms with Crippen molar-refractivity contribution >= 4 is 34.4 Å². The molecule has 0 radical (unpaired) electrons. The van der Waals surface area contributed by atoms with Crippen molar-refractivity contribution in [1.29, 1.82) is 0 Å². The zero-order valence-electron chi connectivity index (χ0n) is 21.9. The molecule has 5 N–H and O–H groups in total. The van der Waals surface area contributed by atoms with Crippen molar-refractivity contribution in [2.24, 2.45) is 0 Å². The Labute approximate surface area is 233 Å². The summed E-state index contributed by atoms with van der Waals surface area (Å²) in [7, 11) is 0. The van der Waals surface area contributed by atoms with Crippen molar-refractivity contribution in [3.8, 4) is 11.3 Å². The van der Waals surface area contributed by atoms with Crippen molar-refractivity contribution in [3.63, 3.8) is 0 Å². The Morgan fingerprint density at radius 2 is 2.08 bits per heavy atom. The van der Waals surface area contributed by atoms with Crippen LogP contribution >= 0.6 is 11.3 Å². The van der Waals surface area contributed by atoms with Crippen LogP contribution in [-0.4, -0.2) is 38.8 Å². The number of fused-ring (bicyclic) bond motifs is 1. The number of hydrogen-bond donors (Lipinski definition) is 5. The number of benzene rings is 1. The summed E-state index contributed by atoms with van der Waals surface area (Å²) < 4.78 is 14.7. The molecule has 1 aliphatic heterocycles. The number of hydrogen-bond acceptors (Lipinski definition) is 8. The van der Waals surface area contributed by atoms with E-state index in [-0.39, 0.29) is 16.9 Å². The van der Waals surface area contributed by atoms with Gasteiger partial charge in [0.15, 0.2) is 0 Å². The number of H-pyrrole nitrogens is 1. The first-order chi connectivity index (χ1) is 19.3. The van der Waals surface area contributed by atoms with Crippen LogP contribution in [0, 0.1) is 5.82 Å². The fourth-order valence-corrected chi connectivity index (χ4v) is 6.40. The fourth-order valence-electron chi connectivity index (χ4n) is 5.30. The monoisotopic (exact) mass is 560 g/mol. The molecular formula is C29H29FN6O3S. The number of nitrogens with one attached hydrogen (secondary N) is 4. The fraction of sp³-hybridized carbons (Fsp3) is 0.310. The zero-order chi connectivity index (χ0) is 27.9. The van der Waals surface area contributed by atoms with Gasteiger partial charge in [-0.25, -0.2) is 14.5 Å². The predicted octanol–water partition coefficient (Wildman–Crippen LogP) is 4.48. The molecule has 6 rings (SSSR count). The Morgan fingerprint density at radius 1 is 1.20 bits per heavy atom. The van der Waals surface area contributed by atoms with Crippen molar-refractivity contribution in [3.05, 3.63) is 85.7 Å². The highest BCUT2D eigenvalue weighted by Crippen LogP contribution is 2.32. The number of thiophene rings is 1. The molecule has 0 saturated carbocycles. The maximum Gasteiger partial charge on any atom is 0.287 e. The number of carbonyl (C=O) groups excluding carboxylic acids is 1. The third kappa shape index (κ3) is 5.27. The van der Waals surface area contributed by atoms with E-state index in [0.29, 0.717) is 34.8 Å². The minimum Gasteiger partial charge on any atom is -0.393 e. The zero-order valence-corrected chi connectivity index (χ0v) is 22.7. The van der Waals surface area contributed by atoms with Gasteiger partial charge in [-0.3, -0.25) is 9.59 Å². The highest BCUT2D eigenvalue weighted by Gasteiger charge is 2.30. The topological polar surface area (TPSA) is 132 Å². The van der Waals surface area contributed by atoms with E-state index in [4.69, 9.17) is 0 Å². The van der Waals surface area contributed by atoms with Crippen LogP contribution in [0.2, 0.25) is 0 Å². The molecule has 3 aromatic heterocycles. The predicted molar refractivity (Wildman–Crippen MR) is 153 cm³/mol. The van der Waals surface area contributed by atoms with E-state index in [9.17, 15) is 19.1 Å². The third-order valence-electron chi connectivity index (χ3n) is 7.63. The lowest BCUT2D eigenvalue weighted by Gasteiger charge is -2.24. The van der Waals surface area contributed by atoms with Crippen LogP contribution < -0.4 is 21.5 Å². The molecule has 0 bridgehead atoms. The molecule has 4 heterocycles. The molecule has 1 amide bonds. The van der Waals surface area contributed by atoms with E-state index in [0.717, 1.165) is 41.8 Å². The van der Waals surface area contributed by atoms with Gasteiger partial charge in [0.1, 0.15) is 17.3 Å². The average molecular weight is 561 g/mol. The highest BCUT2D eigenvalue weighted by molar-refractivity contribution is 7.14. The smallest absolute Gasteiger partial charge is 0.287 e. The summed E-state index contributed by atoms with van der Waals surface area (Å²) in [6.45, 7) is 3.13. The summed E-state index contributed by atoms with van der Waals surface area (Å²) in [4.78, 5) is 31.5. The molecule has 1 aromatic carbocycles. The molecule has 2 aliphatic rings. The van der Waals surface area contributed by atoms with Gasteiger partial charge in [0.25, 0.3) is 11.5 Å². The summed E-state index contributed by atoms with van der Waals surface area (Å²) >= 11 is 1.37. The number of halogens is 1. The van der Waals surface area contributed by atoms with E-state index >= 15 is 0 Å². The van der Waals surface area contributed by atoms with Crippen molar-refractivity contribution in [1.82, 2.24) is 20.5 Å². The maximum atomic E-state index is 14.7. The quantitative estimate of drug-likeness (QED) is 0.235. The van der Waals surface area contributed by atoms with Crippen molar-refractivity contribution in [2.75, 3.05) is 17.2 Å². The number of aliphatic hydroxyl groups is 1. The molecule has 1 aliphatic carbocycles. The molecule has 0 unspecified atom stereocenters. The lowest BCUT2D eigenvalue weighted by molar-refractivity contribution is 0.102. The molecule has 11 heteroatoms. The third-order valence-corrected chi connectivity index (χ3v) is 8.86. The van der Waals surface area contributed by atoms with Gasteiger partial charge in [0.05, 0.1) is 22.4 Å². The number of aromatic amines is 1. The number of aryl methyl sites for hydroxylation is 1. The molecule has 40 heavy (non-hydrogen) atoms. The van der Waals surface area contributed by atoms with Crippen LogP contribution in [0.5, 0.6) is 0 Å². The van der Waals surface area contributed by atoms with Crippen LogP contribution in [0.4, 0.5) is 21.6 Å². The van der Waals surface area contributed by atoms with Gasteiger partial charge in [-0.15, -0.1) is 11.3 Å². The van der Waals surface area contributed by atoms with Crippen molar-refractivity contribution < 1.29 is 14.3 Å².